The second kappa shape index (κ2) is 7.14. The minimum absolute atomic E-state index is 0.728. The molecule has 0 bridgehead atoms. The molecule has 4 heteroatoms. The van der Waals surface area contributed by atoms with Crippen LogP contribution in [0.3, 0.4) is 0 Å². The van der Waals surface area contributed by atoms with Crippen LogP contribution in [0.2, 0.25) is 0 Å². The van der Waals surface area contributed by atoms with E-state index in [1.54, 1.807) is 6.33 Å². The minimum Gasteiger partial charge on any atom is -0.317 e. The van der Waals surface area contributed by atoms with Crippen molar-refractivity contribution in [3.63, 3.8) is 0 Å². The summed E-state index contributed by atoms with van der Waals surface area (Å²) in [7, 11) is 0. The molecule has 2 heterocycles. The number of nitrogens with zero attached hydrogens (tertiary/aromatic N) is 3. The van der Waals surface area contributed by atoms with Gasteiger partial charge in [0.25, 0.3) is 0 Å². The summed E-state index contributed by atoms with van der Waals surface area (Å²) in [6.45, 7) is 4.63. The first-order chi connectivity index (χ1) is 9.92. The summed E-state index contributed by atoms with van der Waals surface area (Å²) >= 11 is 0. The molecule has 0 amide bonds. The van der Waals surface area contributed by atoms with E-state index >= 15 is 0 Å². The SMILES string of the molecule is c1ncc(CN(CC2CCC2)C2CCCNCC2)cn1. The molecule has 0 aromatic carbocycles. The fourth-order valence-electron chi connectivity index (χ4n) is 3.36. The van der Waals surface area contributed by atoms with Gasteiger partial charge in [-0.2, -0.15) is 0 Å². The first-order valence-corrected chi connectivity index (χ1v) is 8.10. The van der Waals surface area contributed by atoms with Gasteiger partial charge in [-0.25, -0.2) is 9.97 Å². The number of aromatic nitrogens is 2. The summed E-state index contributed by atoms with van der Waals surface area (Å²) in [6.07, 6.45) is 13.7. The largest absolute Gasteiger partial charge is 0.317 e. The van der Waals surface area contributed by atoms with Gasteiger partial charge < -0.3 is 5.32 Å². The molecule has 1 saturated heterocycles. The summed E-state index contributed by atoms with van der Waals surface area (Å²) in [6, 6.07) is 0.728. The third-order valence-electron chi connectivity index (χ3n) is 4.78. The molecule has 1 aliphatic carbocycles. The van der Waals surface area contributed by atoms with E-state index in [1.165, 1.54) is 57.2 Å². The minimum atomic E-state index is 0.728. The van der Waals surface area contributed by atoms with Crippen molar-refractivity contribution in [2.24, 2.45) is 5.92 Å². The second-order valence-electron chi connectivity index (χ2n) is 6.31. The average Bonchev–Trinajstić information content (AvgIpc) is 2.71. The van der Waals surface area contributed by atoms with Crippen molar-refractivity contribution >= 4 is 0 Å². The third-order valence-corrected chi connectivity index (χ3v) is 4.78. The van der Waals surface area contributed by atoms with Crippen LogP contribution in [0.4, 0.5) is 0 Å². The Morgan fingerprint density at radius 2 is 1.90 bits per heavy atom. The number of hydrogen-bond acceptors (Lipinski definition) is 4. The Kier molecular flexibility index (Phi) is 4.98. The lowest BCUT2D eigenvalue weighted by atomic mass is 9.84. The van der Waals surface area contributed by atoms with Crippen LogP contribution in [-0.2, 0) is 6.54 Å². The molecule has 1 atom stereocenters. The van der Waals surface area contributed by atoms with Crippen molar-refractivity contribution < 1.29 is 0 Å². The van der Waals surface area contributed by atoms with Crippen molar-refractivity contribution in [2.45, 2.75) is 51.1 Å². The molecule has 0 radical (unpaired) electrons. The highest BCUT2D eigenvalue weighted by Crippen LogP contribution is 2.29. The van der Waals surface area contributed by atoms with Crippen molar-refractivity contribution in [2.75, 3.05) is 19.6 Å². The Hall–Kier alpha value is -1.00. The summed E-state index contributed by atoms with van der Waals surface area (Å²) in [5, 5.41) is 3.53. The van der Waals surface area contributed by atoms with Crippen LogP contribution in [0.25, 0.3) is 0 Å². The van der Waals surface area contributed by atoms with Crippen LogP contribution in [0.1, 0.15) is 44.1 Å². The molecule has 1 aliphatic heterocycles. The topological polar surface area (TPSA) is 41.1 Å². The second-order valence-corrected chi connectivity index (χ2v) is 6.31. The molecule has 2 fully saturated rings. The van der Waals surface area contributed by atoms with Crippen LogP contribution >= 0.6 is 0 Å². The van der Waals surface area contributed by atoms with Crippen molar-refractivity contribution in [3.8, 4) is 0 Å². The van der Waals surface area contributed by atoms with Gasteiger partial charge in [-0.05, 0) is 51.1 Å². The zero-order valence-corrected chi connectivity index (χ0v) is 12.3. The molecule has 20 heavy (non-hydrogen) atoms. The maximum Gasteiger partial charge on any atom is 0.115 e. The van der Waals surface area contributed by atoms with Gasteiger partial charge in [0.05, 0.1) is 0 Å². The van der Waals surface area contributed by atoms with Gasteiger partial charge in [0.1, 0.15) is 6.33 Å². The third kappa shape index (κ3) is 3.76. The van der Waals surface area contributed by atoms with Crippen molar-refractivity contribution in [1.82, 2.24) is 20.2 Å². The standard InChI is InChI=1S/C16H26N4/c1-3-14(4-1)11-20(12-15-9-18-13-19-10-15)16-5-2-7-17-8-6-16/h9-10,13-14,16-17H,1-8,11-12H2. The highest BCUT2D eigenvalue weighted by Gasteiger charge is 2.26. The lowest BCUT2D eigenvalue weighted by Crippen LogP contribution is -2.40. The number of rotatable bonds is 5. The zero-order valence-electron chi connectivity index (χ0n) is 12.3. The quantitative estimate of drug-likeness (QED) is 0.894. The molecular formula is C16H26N4. The van der Waals surface area contributed by atoms with Crippen molar-refractivity contribution in [1.29, 1.82) is 0 Å². The van der Waals surface area contributed by atoms with E-state index in [2.05, 4.69) is 20.2 Å². The first-order valence-electron chi connectivity index (χ1n) is 8.10. The Morgan fingerprint density at radius 1 is 1.05 bits per heavy atom. The summed E-state index contributed by atoms with van der Waals surface area (Å²) in [4.78, 5) is 11.0. The van der Waals surface area contributed by atoms with E-state index in [1.807, 2.05) is 12.4 Å². The molecular weight excluding hydrogens is 248 g/mol. The van der Waals surface area contributed by atoms with Gasteiger partial charge in [0, 0.05) is 37.1 Å². The van der Waals surface area contributed by atoms with E-state index in [4.69, 9.17) is 0 Å². The first kappa shape index (κ1) is 14.0. The summed E-state index contributed by atoms with van der Waals surface area (Å²) < 4.78 is 0. The molecule has 1 N–H and O–H groups in total. The smallest absolute Gasteiger partial charge is 0.115 e. The van der Waals surface area contributed by atoms with Crippen LogP contribution in [-0.4, -0.2) is 40.5 Å². The molecule has 2 aliphatic rings. The lowest BCUT2D eigenvalue weighted by Gasteiger charge is -2.37. The average molecular weight is 274 g/mol. The van der Waals surface area contributed by atoms with E-state index in [0.29, 0.717) is 0 Å². The molecule has 0 spiro atoms. The predicted molar refractivity (Wildman–Crippen MR) is 80.3 cm³/mol. The number of hydrogen-bond donors (Lipinski definition) is 1. The van der Waals surface area contributed by atoms with E-state index in [9.17, 15) is 0 Å². The molecule has 1 unspecified atom stereocenters. The molecule has 110 valence electrons. The number of nitrogens with one attached hydrogen (secondary N) is 1. The summed E-state index contributed by atoms with van der Waals surface area (Å²) in [5.74, 6) is 0.927. The van der Waals surface area contributed by atoms with E-state index in [0.717, 1.165) is 25.0 Å². The zero-order chi connectivity index (χ0) is 13.6. The Bertz CT molecular complexity index is 383. The predicted octanol–water partition coefficient (Wildman–Crippen LogP) is 2.22. The fraction of sp³-hybridized carbons (Fsp3) is 0.750. The Labute approximate surface area is 122 Å². The highest BCUT2D eigenvalue weighted by atomic mass is 15.2. The molecule has 1 aromatic heterocycles. The van der Waals surface area contributed by atoms with Crippen LogP contribution in [0.5, 0.6) is 0 Å². The Balaban J connectivity index is 1.65. The molecule has 1 aromatic rings. The van der Waals surface area contributed by atoms with Gasteiger partial charge >= 0.3 is 0 Å². The van der Waals surface area contributed by atoms with Crippen molar-refractivity contribution in [3.05, 3.63) is 24.3 Å². The lowest BCUT2D eigenvalue weighted by molar-refractivity contribution is 0.116. The van der Waals surface area contributed by atoms with E-state index < -0.39 is 0 Å². The summed E-state index contributed by atoms with van der Waals surface area (Å²) in [5.41, 5.74) is 1.25. The van der Waals surface area contributed by atoms with Crippen LogP contribution < -0.4 is 5.32 Å². The maximum absolute atomic E-state index is 4.16. The fourth-order valence-corrected chi connectivity index (χ4v) is 3.36. The maximum atomic E-state index is 4.16. The highest BCUT2D eigenvalue weighted by molar-refractivity contribution is 5.03. The molecule has 4 nitrogen and oxygen atoms in total. The molecule has 3 rings (SSSR count). The van der Waals surface area contributed by atoms with E-state index in [-0.39, 0.29) is 0 Å². The van der Waals surface area contributed by atoms with Gasteiger partial charge in [-0.1, -0.05) is 6.42 Å². The van der Waals surface area contributed by atoms with Crippen LogP contribution in [0.15, 0.2) is 18.7 Å². The van der Waals surface area contributed by atoms with Gasteiger partial charge in [0.15, 0.2) is 0 Å². The Morgan fingerprint density at radius 3 is 2.65 bits per heavy atom. The van der Waals surface area contributed by atoms with Gasteiger partial charge in [-0.3, -0.25) is 4.90 Å². The molecule has 1 saturated carbocycles. The van der Waals surface area contributed by atoms with Gasteiger partial charge in [0.2, 0.25) is 0 Å². The monoisotopic (exact) mass is 274 g/mol. The van der Waals surface area contributed by atoms with Gasteiger partial charge in [-0.15, -0.1) is 0 Å². The normalized spacial score (nSPS) is 24.4. The van der Waals surface area contributed by atoms with Crippen LogP contribution in [0, 0.1) is 5.92 Å².